The lowest BCUT2D eigenvalue weighted by molar-refractivity contribution is 0.0991. The first-order valence-corrected chi connectivity index (χ1v) is 6.19. The Morgan fingerprint density at radius 3 is 2.68 bits per heavy atom. The summed E-state index contributed by atoms with van der Waals surface area (Å²) in [7, 11) is 0. The van der Waals surface area contributed by atoms with E-state index >= 15 is 0 Å². The molecule has 0 atom stereocenters. The first-order valence-electron chi connectivity index (χ1n) is 5.81. The summed E-state index contributed by atoms with van der Waals surface area (Å²) in [4.78, 5) is 12.2. The Labute approximate surface area is 116 Å². The van der Waals surface area contributed by atoms with Crippen molar-refractivity contribution in [2.75, 3.05) is 5.73 Å². The summed E-state index contributed by atoms with van der Waals surface area (Å²) < 4.78 is 13.6. The Bertz CT molecular complexity index is 620. The highest BCUT2D eigenvalue weighted by Crippen LogP contribution is 2.22. The van der Waals surface area contributed by atoms with Gasteiger partial charge in [-0.1, -0.05) is 17.7 Å². The molecule has 2 aromatic carbocycles. The van der Waals surface area contributed by atoms with Crippen LogP contribution >= 0.6 is 11.6 Å². The summed E-state index contributed by atoms with van der Waals surface area (Å²) in [5.41, 5.74) is 7.77. The number of rotatable bonds is 3. The Balaban J connectivity index is 2.31. The fourth-order valence-electron chi connectivity index (χ4n) is 1.96. The normalized spacial score (nSPS) is 10.5. The number of carbonyl (C=O) groups excluding carboxylic acids is 1. The topological polar surface area (TPSA) is 43.1 Å². The summed E-state index contributed by atoms with van der Waals surface area (Å²) in [6.07, 6.45) is -0.0593. The van der Waals surface area contributed by atoms with Crippen molar-refractivity contribution in [3.63, 3.8) is 0 Å². The maximum Gasteiger partial charge on any atom is 0.167 e. The van der Waals surface area contributed by atoms with Gasteiger partial charge in [-0.05, 0) is 42.8 Å². The van der Waals surface area contributed by atoms with Gasteiger partial charge < -0.3 is 5.73 Å². The van der Waals surface area contributed by atoms with E-state index in [1.807, 2.05) is 0 Å². The molecule has 0 fully saturated rings. The van der Waals surface area contributed by atoms with Crippen LogP contribution in [0.4, 0.5) is 10.1 Å². The van der Waals surface area contributed by atoms with Crippen molar-refractivity contribution in [2.45, 2.75) is 13.3 Å². The van der Waals surface area contributed by atoms with Gasteiger partial charge in [-0.2, -0.15) is 0 Å². The lowest BCUT2D eigenvalue weighted by atomic mass is 9.98. The number of ketones is 1. The molecule has 0 aromatic heterocycles. The standard InChI is InChI=1S/C15H13ClFNO/c1-9-7-10(18)5-6-11(9)15(19)8-12-13(16)3-2-4-14(12)17/h2-7H,8,18H2,1H3. The average molecular weight is 278 g/mol. The molecular formula is C15H13ClFNO. The number of hydrogen-bond donors (Lipinski definition) is 1. The molecule has 0 saturated heterocycles. The van der Waals surface area contributed by atoms with Crippen molar-refractivity contribution in [2.24, 2.45) is 0 Å². The largest absolute Gasteiger partial charge is 0.399 e. The van der Waals surface area contributed by atoms with Crippen LogP contribution in [0.15, 0.2) is 36.4 Å². The van der Waals surface area contributed by atoms with Gasteiger partial charge in [-0.25, -0.2) is 4.39 Å². The Morgan fingerprint density at radius 1 is 1.32 bits per heavy atom. The number of carbonyl (C=O) groups is 1. The van der Waals surface area contributed by atoms with Gasteiger partial charge in [0.2, 0.25) is 0 Å². The van der Waals surface area contributed by atoms with Crippen LogP contribution in [-0.2, 0) is 6.42 Å². The minimum absolute atomic E-state index is 0.0593. The zero-order valence-corrected chi connectivity index (χ0v) is 11.2. The van der Waals surface area contributed by atoms with Gasteiger partial charge in [0.25, 0.3) is 0 Å². The van der Waals surface area contributed by atoms with Crippen LogP contribution in [0, 0.1) is 12.7 Å². The summed E-state index contributed by atoms with van der Waals surface area (Å²) in [5, 5.41) is 0.265. The highest BCUT2D eigenvalue weighted by molar-refractivity contribution is 6.31. The van der Waals surface area contributed by atoms with Gasteiger partial charge in [-0.15, -0.1) is 0 Å². The van der Waals surface area contributed by atoms with Crippen molar-refractivity contribution >= 4 is 23.1 Å². The molecule has 0 aliphatic carbocycles. The van der Waals surface area contributed by atoms with Gasteiger partial charge >= 0.3 is 0 Å². The Kier molecular flexibility index (Phi) is 3.86. The van der Waals surface area contributed by atoms with Crippen molar-refractivity contribution in [3.05, 3.63) is 63.9 Å². The number of halogens is 2. The first kappa shape index (κ1) is 13.6. The number of nitrogens with two attached hydrogens (primary N) is 1. The maximum atomic E-state index is 13.6. The van der Waals surface area contributed by atoms with Crippen LogP contribution in [0.25, 0.3) is 0 Å². The van der Waals surface area contributed by atoms with Crippen LogP contribution in [0.2, 0.25) is 5.02 Å². The lowest BCUT2D eigenvalue weighted by Gasteiger charge is -2.08. The summed E-state index contributed by atoms with van der Waals surface area (Å²) >= 11 is 5.91. The van der Waals surface area contributed by atoms with Crippen LogP contribution in [0.3, 0.4) is 0 Å². The molecule has 0 aliphatic rings. The van der Waals surface area contributed by atoms with E-state index in [4.69, 9.17) is 17.3 Å². The average Bonchev–Trinajstić information content (AvgIpc) is 2.33. The number of benzene rings is 2. The van der Waals surface area contributed by atoms with E-state index in [9.17, 15) is 9.18 Å². The minimum Gasteiger partial charge on any atom is -0.399 e. The summed E-state index contributed by atoms with van der Waals surface area (Å²) in [6, 6.07) is 9.41. The monoisotopic (exact) mass is 277 g/mol. The molecular weight excluding hydrogens is 265 g/mol. The molecule has 0 saturated carbocycles. The Morgan fingerprint density at radius 2 is 2.05 bits per heavy atom. The van der Waals surface area contributed by atoms with Crippen molar-refractivity contribution in [1.29, 1.82) is 0 Å². The molecule has 0 radical (unpaired) electrons. The van der Waals surface area contributed by atoms with E-state index in [1.54, 1.807) is 31.2 Å². The summed E-state index contributed by atoms with van der Waals surface area (Å²) in [5.74, 6) is -0.640. The zero-order chi connectivity index (χ0) is 14.0. The summed E-state index contributed by atoms with van der Waals surface area (Å²) in [6.45, 7) is 1.80. The van der Waals surface area contributed by atoms with Crippen LogP contribution in [0.5, 0.6) is 0 Å². The molecule has 2 N–H and O–H groups in total. The van der Waals surface area contributed by atoms with Crippen molar-refractivity contribution in [1.82, 2.24) is 0 Å². The molecule has 0 amide bonds. The Hall–Kier alpha value is -1.87. The lowest BCUT2D eigenvalue weighted by Crippen LogP contribution is -2.08. The molecule has 0 spiro atoms. The van der Waals surface area contributed by atoms with Gasteiger partial charge in [0.05, 0.1) is 0 Å². The van der Waals surface area contributed by atoms with E-state index in [0.717, 1.165) is 5.56 Å². The predicted molar refractivity (Wildman–Crippen MR) is 75.0 cm³/mol. The predicted octanol–water partition coefficient (Wildman–Crippen LogP) is 3.80. The fourth-order valence-corrected chi connectivity index (χ4v) is 2.19. The smallest absolute Gasteiger partial charge is 0.167 e. The van der Waals surface area contributed by atoms with E-state index in [0.29, 0.717) is 11.3 Å². The highest BCUT2D eigenvalue weighted by Gasteiger charge is 2.15. The third kappa shape index (κ3) is 2.93. The van der Waals surface area contributed by atoms with Crippen molar-refractivity contribution in [3.8, 4) is 0 Å². The molecule has 19 heavy (non-hydrogen) atoms. The fraction of sp³-hybridized carbons (Fsp3) is 0.133. The van der Waals surface area contributed by atoms with Crippen LogP contribution in [0.1, 0.15) is 21.5 Å². The molecule has 0 unspecified atom stereocenters. The molecule has 0 bridgehead atoms. The molecule has 98 valence electrons. The number of hydrogen-bond acceptors (Lipinski definition) is 2. The van der Waals surface area contributed by atoms with E-state index in [-0.39, 0.29) is 22.8 Å². The molecule has 2 aromatic rings. The molecule has 2 rings (SSSR count). The third-order valence-corrected chi connectivity index (χ3v) is 3.30. The van der Waals surface area contributed by atoms with Crippen molar-refractivity contribution < 1.29 is 9.18 Å². The molecule has 0 heterocycles. The van der Waals surface area contributed by atoms with Crippen LogP contribution < -0.4 is 5.73 Å². The van der Waals surface area contributed by atoms with Crippen LogP contribution in [-0.4, -0.2) is 5.78 Å². The molecule has 0 aliphatic heterocycles. The molecule has 2 nitrogen and oxygen atoms in total. The molecule has 4 heteroatoms. The minimum atomic E-state index is -0.464. The number of aryl methyl sites for hydroxylation is 1. The number of anilines is 1. The quantitative estimate of drug-likeness (QED) is 0.685. The van der Waals surface area contributed by atoms with Gasteiger partial charge in [0, 0.05) is 28.3 Å². The van der Waals surface area contributed by atoms with E-state index in [2.05, 4.69) is 0 Å². The number of nitrogen functional groups attached to an aromatic ring is 1. The second-order valence-electron chi connectivity index (χ2n) is 4.37. The van der Waals surface area contributed by atoms with E-state index in [1.165, 1.54) is 12.1 Å². The maximum absolute atomic E-state index is 13.6. The zero-order valence-electron chi connectivity index (χ0n) is 10.4. The SMILES string of the molecule is Cc1cc(N)ccc1C(=O)Cc1c(F)cccc1Cl. The first-order chi connectivity index (χ1) is 8.99. The second-order valence-corrected chi connectivity index (χ2v) is 4.78. The van der Waals surface area contributed by atoms with Gasteiger partial charge in [0.15, 0.2) is 5.78 Å². The van der Waals surface area contributed by atoms with E-state index < -0.39 is 5.82 Å². The third-order valence-electron chi connectivity index (χ3n) is 2.95. The second kappa shape index (κ2) is 5.41. The number of Topliss-reactive ketones (excluding diaryl/α,β-unsaturated/α-hetero) is 1. The highest BCUT2D eigenvalue weighted by atomic mass is 35.5. The van der Waals surface area contributed by atoms with Gasteiger partial charge in [0.1, 0.15) is 5.82 Å². The van der Waals surface area contributed by atoms with Gasteiger partial charge in [-0.3, -0.25) is 4.79 Å².